The number of benzene rings is 1. The molecule has 1 aliphatic rings. The molecule has 3 nitrogen and oxygen atoms in total. The normalized spacial score (nSPS) is 31.7. The highest BCUT2D eigenvalue weighted by molar-refractivity contribution is 5.13. The summed E-state index contributed by atoms with van der Waals surface area (Å²) < 4.78 is 41.9. The summed E-state index contributed by atoms with van der Waals surface area (Å²) in [6, 6.07) is 9.48. The number of halogens is 2. The van der Waals surface area contributed by atoms with Crippen LogP contribution in [0.15, 0.2) is 30.3 Å². The Bertz CT molecular complexity index is 361. The van der Waals surface area contributed by atoms with Crippen molar-refractivity contribution in [2.45, 2.75) is 31.3 Å². The van der Waals surface area contributed by atoms with Gasteiger partial charge in [0.15, 0.2) is 18.6 Å². The van der Waals surface area contributed by atoms with Gasteiger partial charge < -0.3 is 14.2 Å². The Morgan fingerprint density at radius 1 is 1.17 bits per heavy atom. The van der Waals surface area contributed by atoms with E-state index < -0.39 is 24.7 Å². The van der Waals surface area contributed by atoms with Crippen LogP contribution in [0.5, 0.6) is 0 Å². The minimum atomic E-state index is -1.75. The molecule has 0 amide bonds. The lowest BCUT2D eigenvalue weighted by molar-refractivity contribution is -0.146. The molecule has 100 valence electrons. The van der Waals surface area contributed by atoms with Crippen LogP contribution < -0.4 is 0 Å². The monoisotopic (exact) mass is 258 g/mol. The van der Waals surface area contributed by atoms with Crippen LogP contribution in [0.1, 0.15) is 5.56 Å². The molecule has 1 saturated heterocycles. The van der Waals surface area contributed by atoms with E-state index in [9.17, 15) is 8.78 Å². The first-order chi connectivity index (χ1) is 8.72. The zero-order valence-electron chi connectivity index (χ0n) is 10.1. The highest BCUT2D eigenvalue weighted by Gasteiger charge is 2.45. The molecule has 2 rings (SSSR count). The van der Waals surface area contributed by atoms with Gasteiger partial charge in [0.1, 0.15) is 6.10 Å². The van der Waals surface area contributed by atoms with Crippen molar-refractivity contribution in [2.75, 3.05) is 13.7 Å². The van der Waals surface area contributed by atoms with Crippen LogP contribution >= 0.6 is 0 Å². The summed E-state index contributed by atoms with van der Waals surface area (Å²) in [5.74, 6) is 0. The number of ether oxygens (including phenoxy) is 3. The molecule has 0 aromatic heterocycles. The Kier molecular flexibility index (Phi) is 4.63. The molecule has 4 atom stereocenters. The second-order valence-electron chi connectivity index (χ2n) is 4.17. The maximum absolute atomic E-state index is 13.5. The fourth-order valence-electron chi connectivity index (χ4n) is 1.86. The zero-order valence-corrected chi connectivity index (χ0v) is 10.1. The molecule has 18 heavy (non-hydrogen) atoms. The van der Waals surface area contributed by atoms with Gasteiger partial charge in [0.05, 0.1) is 13.2 Å². The number of alkyl halides is 2. The molecule has 1 aromatic rings. The maximum atomic E-state index is 13.5. The molecule has 5 heteroatoms. The van der Waals surface area contributed by atoms with Gasteiger partial charge in [-0.15, -0.1) is 0 Å². The van der Waals surface area contributed by atoms with Crippen LogP contribution in [0.2, 0.25) is 0 Å². The third-order valence-corrected chi connectivity index (χ3v) is 2.85. The Labute approximate surface area is 105 Å². The quantitative estimate of drug-likeness (QED) is 0.810. The topological polar surface area (TPSA) is 27.7 Å². The largest absolute Gasteiger partial charge is 0.374 e. The number of methoxy groups -OCH3 is 1. The van der Waals surface area contributed by atoms with Gasteiger partial charge in [-0.3, -0.25) is 0 Å². The Hall–Kier alpha value is -1.04. The highest BCUT2D eigenvalue weighted by atomic mass is 19.2. The first kappa shape index (κ1) is 13.4. The van der Waals surface area contributed by atoms with E-state index in [0.717, 1.165) is 5.56 Å². The fraction of sp³-hybridized carbons (Fsp3) is 0.538. The Balaban J connectivity index is 1.77. The van der Waals surface area contributed by atoms with Crippen LogP contribution in [-0.2, 0) is 20.8 Å². The lowest BCUT2D eigenvalue weighted by atomic mass is 10.2. The summed E-state index contributed by atoms with van der Waals surface area (Å²) in [4.78, 5) is 0. The predicted octanol–water partition coefficient (Wildman–Crippen LogP) is 2.25. The van der Waals surface area contributed by atoms with Crippen molar-refractivity contribution < 1.29 is 23.0 Å². The van der Waals surface area contributed by atoms with E-state index in [2.05, 4.69) is 0 Å². The summed E-state index contributed by atoms with van der Waals surface area (Å²) in [5.41, 5.74) is 0.978. The summed E-state index contributed by atoms with van der Waals surface area (Å²) in [6.45, 7) is 0.359. The molecule has 1 aromatic carbocycles. The summed E-state index contributed by atoms with van der Waals surface area (Å²) >= 11 is 0. The molecule has 0 aliphatic carbocycles. The number of hydrogen-bond donors (Lipinski definition) is 0. The van der Waals surface area contributed by atoms with Crippen molar-refractivity contribution in [1.29, 1.82) is 0 Å². The van der Waals surface area contributed by atoms with Crippen LogP contribution in [0, 0.1) is 0 Å². The van der Waals surface area contributed by atoms with Gasteiger partial charge in [0.2, 0.25) is 0 Å². The molecule has 0 unspecified atom stereocenters. The van der Waals surface area contributed by atoms with Gasteiger partial charge >= 0.3 is 0 Å². The molecule has 0 bridgehead atoms. The van der Waals surface area contributed by atoms with E-state index >= 15 is 0 Å². The van der Waals surface area contributed by atoms with Gasteiger partial charge in [-0.1, -0.05) is 30.3 Å². The molecule has 0 radical (unpaired) electrons. The third kappa shape index (κ3) is 3.04. The lowest BCUT2D eigenvalue weighted by Gasteiger charge is -2.13. The van der Waals surface area contributed by atoms with Crippen LogP contribution in [-0.4, -0.2) is 38.5 Å². The first-order valence-electron chi connectivity index (χ1n) is 5.80. The molecule has 0 saturated carbocycles. The second-order valence-corrected chi connectivity index (χ2v) is 4.17. The molecule has 1 aliphatic heterocycles. The van der Waals surface area contributed by atoms with Gasteiger partial charge in [-0.25, -0.2) is 8.78 Å². The van der Waals surface area contributed by atoms with Crippen molar-refractivity contribution in [3.8, 4) is 0 Å². The first-order valence-corrected chi connectivity index (χ1v) is 5.80. The third-order valence-electron chi connectivity index (χ3n) is 2.85. The molecule has 1 fully saturated rings. The van der Waals surface area contributed by atoms with Gasteiger partial charge in [-0.05, 0) is 5.56 Å². The molecule has 0 N–H and O–H groups in total. The molecule has 1 heterocycles. The van der Waals surface area contributed by atoms with Gasteiger partial charge in [-0.2, -0.15) is 0 Å². The Morgan fingerprint density at radius 2 is 1.89 bits per heavy atom. The van der Waals surface area contributed by atoms with Crippen molar-refractivity contribution in [3.05, 3.63) is 35.9 Å². The average Bonchev–Trinajstić information content (AvgIpc) is 2.68. The van der Waals surface area contributed by atoms with E-state index in [1.54, 1.807) is 0 Å². The second kappa shape index (κ2) is 6.22. The van der Waals surface area contributed by atoms with Crippen LogP contribution in [0.4, 0.5) is 8.78 Å². The summed E-state index contributed by atoms with van der Waals surface area (Å²) in [7, 11) is 1.29. The van der Waals surface area contributed by atoms with E-state index in [1.807, 2.05) is 30.3 Å². The lowest BCUT2D eigenvalue weighted by Crippen LogP contribution is -2.28. The predicted molar refractivity (Wildman–Crippen MR) is 61.6 cm³/mol. The van der Waals surface area contributed by atoms with Gasteiger partial charge in [0.25, 0.3) is 0 Å². The van der Waals surface area contributed by atoms with E-state index in [4.69, 9.17) is 14.2 Å². The smallest absolute Gasteiger partial charge is 0.192 e. The fourth-order valence-corrected chi connectivity index (χ4v) is 1.86. The van der Waals surface area contributed by atoms with Crippen LogP contribution in [0.3, 0.4) is 0 Å². The van der Waals surface area contributed by atoms with E-state index in [1.165, 1.54) is 7.11 Å². The number of hydrogen-bond acceptors (Lipinski definition) is 3. The van der Waals surface area contributed by atoms with Crippen LogP contribution in [0.25, 0.3) is 0 Å². The maximum Gasteiger partial charge on any atom is 0.192 e. The number of rotatable bonds is 5. The van der Waals surface area contributed by atoms with Crippen molar-refractivity contribution >= 4 is 0 Å². The van der Waals surface area contributed by atoms with Gasteiger partial charge in [0, 0.05) is 7.11 Å². The van der Waals surface area contributed by atoms with E-state index in [0.29, 0.717) is 6.61 Å². The summed E-state index contributed by atoms with van der Waals surface area (Å²) in [5, 5.41) is 0. The zero-order chi connectivity index (χ0) is 13.0. The molecule has 0 spiro atoms. The summed E-state index contributed by atoms with van der Waals surface area (Å²) in [6.07, 6.45) is -5.50. The highest BCUT2D eigenvalue weighted by Crippen LogP contribution is 2.27. The van der Waals surface area contributed by atoms with Crippen molar-refractivity contribution in [3.63, 3.8) is 0 Å². The standard InChI is InChI=1S/C13H16F2O3/c1-16-13-12(15)11(14)10(18-13)8-17-7-9-5-3-2-4-6-9/h2-6,10-13H,7-8H2,1H3/t10-,11-,12+,13+/m1/s1. The average molecular weight is 258 g/mol. The Morgan fingerprint density at radius 3 is 2.50 bits per heavy atom. The minimum Gasteiger partial charge on any atom is -0.374 e. The molecular weight excluding hydrogens is 242 g/mol. The SMILES string of the molecule is CO[C@H]1O[C@H](COCc2ccccc2)[C@@H](F)[C@@H]1F. The minimum absolute atomic E-state index is 0.0103. The van der Waals surface area contributed by atoms with Crippen molar-refractivity contribution in [1.82, 2.24) is 0 Å². The van der Waals surface area contributed by atoms with Crippen molar-refractivity contribution in [2.24, 2.45) is 0 Å². The molecular formula is C13H16F2O3. The van der Waals surface area contributed by atoms with E-state index in [-0.39, 0.29) is 6.61 Å².